The topological polar surface area (TPSA) is 111 Å². The Morgan fingerprint density at radius 1 is 1.07 bits per heavy atom. The molecule has 4 N–H and O–H groups in total. The molecule has 0 aliphatic carbocycles. The Hall–Kier alpha value is -3.75. The predicted octanol–water partition coefficient (Wildman–Crippen LogP) is 2.15. The van der Waals surface area contributed by atoms with Crippen molar-refractivity contribution in [2.75, 3.05) is 11.9 Å². The number of amides is 3. The number of carbonyl (C=O) groups excluding carboxylic acids is 3. The highest BCUT2D eigenvalue weighted by molar-refractivity contribution is 6.02. The molecule has 2 aromatic carbocycles. The molecule has 0 spiro atoms. The fourth-order valence-electron chi connectivity index (χ4n) is 2.15. The number of primary amides is 1. The van der Waals surface area contributed by atoms with E-state index in [9.17, 15) is 23.2 Å². The summed E-state index contributed by atoms with van der Waals surface area (Å²) in [6, 6.07) is 12.0. The fraction of sp³-hybridized carbons (Fsp3) is 0.105. The number of alkyl halides is 2. The molecule has 0 atom stereocenters. The van der Waals surface area contributed by atoms with Gasteiger partial charge < -0.3 is 21.1 Å². The van der Waals surface area contributed by atoms with Crippen molar-refractivity contribution in [2.24, 2.45) is 5.73 Å². The van der Waals surface area contributed by atoms with Crippen molar-refractivity contribution in [2.45, 2.75) is 6.61 Å². The van der Waals surface area contributed by atoms with Crippen LogP contribution in [0.2, 0.25) is 0 Å². The number of benzene rings is 2. The van der Waals surface area contributed by atoms with Crippen LogP contribution in [-0.4, -0.2) is 30.9 Å². The average molecular weight is 389 g/mol. The summed E-state index contributed by atoms with van der Waals surface area (Å²) >= 11 is 0. The van der Waals surface area contributed by atoms with Crippen molar-refractivity contribution in [3.05, 3.63) is 65.7 Å². The number of para-hydroxylation sites is 1. The third-order valence-corrected chi connectivity index (χ3v) is 3.39. The number of hydrogen-bond donors (Lipinski definition) is 3. The highest BCUT2D eigenvalue weighted by Crippen LogP contribution is 2.21. The lowest BCUT2D eigenvalue weighted by atomic mass is 10.1. The molecule has 0 unspecified atom stereocenters. The number of carbonyl (C=O) groups is 3. The number of hydrogen-bond acceptors (Lipinski definition) is 4. The summed E-state index contributed by atoms with van der Waals surface area (Å²) in [7, 11) is 0. The fourth-order valence-corrected chi connectivity index (χ4v) is 2.15. The van der Waals surface area contributed by atoms with Gasteiger partial charge in [-0.3, -0.25) is 14.4 Å². The largest absolute Gasteiger partial charge is 0.434 e. The van der Waals surface area contributed by atoms with Crippen LogP contribution in [0.15, 0.2) is 54.6 Å². The molecule has 0 saturated carbocycles. The molecule has 0 heterocycles. The lowest BCUT2D eigenvalue weighted by molar-refractivity contribution is -0.117. The molecule has 146 valence electrons. The molecule has 3 amide bonds. The van der Waals surface area contributed by atoms with Gasteiger partial charge in [0.2, 0.25) is 11.8 Å². The van der Waals surface area contributed by atoms with Gasteiger partial charge in [-0.1, -0.05) is 18.2 Å². The Balaban J connectivity index is 1.97. The van der Waals surface area contributed by atoms with Crippen LogP contribution in [0.4, 0.5) is 14.5 Å². The molecule has 0 bridgehead atoms. The van der Waals surface area contributed by atoms with Crippen molar-refractivity contribution in [3.63, 3.8) is 0 Å². The van der Waals surface area contributed by atoms with Crippen molar-refractivity contribution in [1.29, 1.82) is 0 Å². The summed E-state index contributed by atoms with van der Waals surface area (Å²) in [5, 5.41) is 4.91. The van der Waals surface area contributed by atoms with Gasteiger partial charge >= 0.3 is 6.61 Å². The number of rotatable bonds is 8. The molecule has 0 aromatic heterocycles. The van der Waals surface area contributed by atoms with Crippen LogP contribution in [-0.2, 0) is 9.59 Å². The third-order valence-electron chi connectivity index (χ3n) is 3.39. The van der Waals surface area contributed by atoms with E-state index in [0.29, 0.717) is 11.3 Å². The molecular formula is C19H17F2N3O4. The number of nitrogens with one attached hydrogen (secondary N) is 2. The van der Waals surface area contributed by atoms with Gasteiger partial charge in [0.25, 0.3) is 5.91 Å². The maximum absolute atomic E-state index is 12.4. The first-order chi connectivity index (χ1) is 13.3. The first-order valence-electron chi connectivity index (χ1n) is 8.04. The molecule has 0 saturated heterocycles. The Morgan fingerprint density at radius 3 is 2.39 bits per heavy atom. The van der Waals surface area contributed by atoms with Crippen LogP contribution in [0.3, 0.4) is 0 Å². The van der Waals surface area contributed by atoms with Crippen LogP contribution in [0, 0.1) is 0 Å². The quantitative estimate of drug-likeness (QED) is 0.601. The van der Waals surface area contributed by atoms with E-state index in [1.54, 1.807) is 6.07 Å². The van der Waals surface area contributed by atoms with Crippen molar-refractivity contribution in [3.8, 4) is 5.75 Å². The van der Waals surface area contributed by atoms with Gasteiger partial charge in [0.15, 0.2) is 0 Å². The zero-order chi connectivity index (χ0) is 20.5. The number of ether oxygens (including phenoxy) is 1. The van der Waals surface area contributed by atoms with Gasteiger partial charge in [-0.2, -0.15) is 8.78 Å². The zero-order valence-corrected chi connectivity index (χ0v) is 14.5. The second kappa shape index (κ2) is 9.81. The molecule has 0 fully saturated rings. The van der Waals surface area contributed by atoms with Crippen LogP contribution in [0.25, 0.3) is 6.08 Å². The molecule has 2 rings (SSSR count). The predicted molar refractivity (Wildman–Crippen MR) is 98.7 cm³/mol. The molecule has 0 aliphatic heterocycles. The van der Waals surface area contributed by atoms with E-state index in [-0.39, 0.29) is 17.9 Å². The number of nitrogens with two attached hydrogens (primary N) is 1. The van der Waals surface area contributed by atoms with Crippen LogP contribution in [0.5, 0.6) is 5.75 Å². The van der Waals surface area contributed by atoms with E-state index >= 15 is 0 Å². The summed E-state index contributed by atoms with van der Waals surface area (Å²) in [6.07, 6.45) is 2.51. The Bertz CT molecular complexity index is 883. The minimum Gasteiger partial charge on any atom is -0.434 e. The van der Waals surface area contributed by atoms with Crippen LogP contribution < -0.4 is 21.1 Å². The standard InChI is InChI=1S/C19H17F2N3O4/c20-19(21)28-15-4-2-1-3-12(15)7-10-17(26)24-14-8-5-13(6-9-14)18(27)23-11-16(22)25/h1-10,19H,11H2,(H2,22,25)(H,23,27)(H,24,26)/b10-7+. The summed E-state index contributed by atoms with van der Waals surface area (Å²) in [5.41, 5.74) is 5.97. The molecule has 0 aliphatic rings. The van der Waals surface area contributed by atoms with Gasteiger partial charge in [-0.15, -0.1) is 0 Å². The monoisotopic (exact) mass is 389 g/mol. The van der Waals surface area contributed by atoms with Gasteiger partial charge in [-0.25, -0.2) is 0 Å². The van der Waals surface area contributed by atoms with Gasteiger partial charge in [0.05, 0.1) is 6.54 Å². The minimum atomic E-state index is -2.97. The van der Waals surface area contributed by atoms with Crippen molar-refractivity contribution < 1.29 is 27.9 Å². The van der Waals surface area contributed by atoms with Crippen molar-refractivity contribution in [1.82, 2.24) is 5.32 Å². The third kappa shape index (κ3) is 6.52. The van der Waals surface area contributed by atoms with Gasteiger partial charge in [-0.05, 0) is 36.4 Å². The minimum absolute atomic E-state index is 0.0483. The molecule has 2 aromatic rings. The van der Waals surface area contributed by atoms with Crippen molar-refractivity contribution >= 4 is 29.5 Å². The Labute approximate surface area is 159 Å². The van der Waals surface area contributed by atoms with E-state index in [2.05, 4.69) is 15.4 Å². The van der Waals surface area contributed by atoms with Crippen LogP contribution in [0.1, 0.15) is 15.9 Å². The van der Waals surface area contributed by atoms with Crippen LogP contribution >= 0.6 is 0 Å². The van der Waals surface area contributed by atoms with E-state index in [1.807, 2.05) is 0 Å². The highest BCUT2D eigenvalue weighted by atomic mass is 19.3. The first-order valence-corrected chi connectivity index (χ1v) is 8.04. The SMILES string of the molecule is NC(=O)CNC(=O)c1ccc(NC(=O)/C=C/c2ccccc2OC(F)F)cc1. The van der Waals surface area contributed by atoms with Gasteiger partial charge in [0, 0.05) is 22.9 Å². The number of halogens is 2. The molecule has 0 radical (unpaired) electrons. The Morgan fingerprint density at radius 2 is 1.75 bits per heavy atom. The lowest BCUT2D eigenvalue weighted by Gasteiger charge is -2.07. The maximum Gasteiger partial charge on any atom is 0.387 e. The highest BCUT2D eigenvalue weighted by Gasteiger charge is 2.08. The molecular weight excluding hydrogens is 372 g/mol. The van der Waals surface area contributed by atoms with E-state index in [0.717, 1.165) is 0 Å². The molecule has 28 heavy (non-hydrogen) atoms. The van der Waals surface area contributed by atoms with E-state index in [4.69, 9.17) is 5.73 Å². The van der Waals surface area contributed by atoms with E-state index < -0.39 is 24.3 Å². The smallest absolute Gasteiger partial charge is 0.387 e. The van der Waals surface area contributed by atoms with Gasteiger partial charge in [0.1, 0.15) is 5.75 Å². The number of anilines is 1. The maximum atomic E-state index is 12.4. The molecule has 9 heteroatoms. The summed E-state index contributed by atoms with van der Waals surface area (Å²) < 4.78 is 29.2. The second-order valence-electron chi connectivity index (χ2n) is 5.47. The zero-order valence-electron chi connectivity index (χ0n) is 14.5. The molecule has 7 nitrogen and oxygen atoms in total. The van der Waals surface area contributed by atoms with E-state index in [1.165, 1.54) is 54.6 Å². The average Bonchev–Trinajstić information content (AvgIpc) is 2.65. The summed E-state index contributed by atoms with van der Waals surface area (Å²) in [6.45, 7) is -3.25. The Kier molecular flexibility index (Phi) is 7.21. The lowest BCUT2D eigenvalue weighted by Crippen LogP contribution is -2.33. The second-order valence-corrected chi connectivity index (χ2v) is 5.47. The summed E-state index contributed by atoms with van der Waals surface area (Å²) in [5.74, 6) is -1.69. The first kappa shape index (κ1) is 20.6. The summed E-state index contributed by atoms with van der Waals surface area (Å²) in [4.78, 5) is 34.4. The normalized spacial score (nSPS) is 10.7.